The molecule has 8 nitrogen and oxygen atoms in total. The fourth-order valence-corrected chi connectivity index (χ4v) is 7.59. The maximum Gasteiger partial charge on any atom is 0.319 e. The molecule has 3 heterocycles. The van der Waals surface area contributed by atoms with Gasteiger partial charge in [0.05, 0.1) is 18.2 Å². The van der Waals surface area contributed by atoms with Gasteiger partial charge in [-0.1, -0.05) is 24.5 Å². The SMILES string of the molecule is C#Cc1c(F)ccc2cc(O)cc(-c3ccc4c(NC5CNC(=O)C5)nc(OCC56CCCC5N(C)CCC6)nc4c3F)c12. The zero-order chi connectivity index (χ0) is 30.6. The van der Waals surface area contributed by atoms with E-state index in [2.05, 4.69) is 38.5 Å². The molecule has 10 heteroatoms. The summed E-state index contributed by atoms with van der Waals surface area (Å²) in [5.41, 5.74) is 0.302. The molecule has 4 aromatic rings. The number of aromatic nitrogens is 2. The van der Waals surface area contributed by atoms with E-state index in [4.69, 9.17) is 11.2 Å². The molecule has 226 valence electrons. The van der Waals surface area contributed by atoms with E-state index in [1.54, 1.807) is 12.1 Å². The number of piperidine rings is 1. The third kappa shape index (κ3) is 4.76. The highest BCUT2D eigenvalue weighted by molar-refractivity contribution is 6.04. The Morgan fingerprint density at radius 1 is 1.18 bits per heavy atom. The molecule has 3 N–H and O–H groups in total. The smallest absolute Gasteiger partial charge is 0.319 e. The summed E-state index contributed by atoms with van der Waals surface area (Å²) in [6, 6.07) is 9.00. The number of terminal acetylenes is 1. The van der Waals surface area contributed by atoms with Gasteiger partial charge in [0, 0.05) is 40.8 Å². The number of fused-ring (bicyclic) bond motifs is 3. The van der Waals surface area contributed by atoms with Gasteiger partial charge in [0.25, 0.3) is 0 Å². The molecular formula is C34H33F2N5O3. The predicted molar refractivity (Wildman–Crippen MR) is 164 cm³/mol. The van der Waals surface area contributed by atoms with Crippen molar-refractivity contribution in [2.45, 2.75) is 50.6 Å². The summed E-state index contributed by atoms with van der Waals surface area (Å²) >= 11 is 0. The van der Waals surface area contributed by atoms with Gasteiger partial charge in [-0.25, -0.2) is 8.78 Å². The molecule has 0 spiro atoms. The lowest BCUT2D eigenvalue weighted by Crippen LogP contribution is -2.50. The Morgan fingerprint density at radius 2 is 2.02 bits per heavy atom. The van der Waals surface area contributed by atoms with Crippen molar-refractivity contribution < 1.29 is 23.4 Å². The minimum Gasteiger partial charge on any atom is -0.508 e. The number of phenols is 1. The maximum absolute atomic E-state index is 16.7. The van der Waals surface area contributed by atoms with E-state index in [1.807, 2.05) is 0 Å². The number of nitrogens with zero attached hydrogens (tertiary/aromatic N) is 3. The van der Waals surface area contributed by atoms with Crippen molar-refractivity contribution in [3.8, 4) is 35.2 Å². The average molecular weight is 598 g/mol. The first-order valence-corrected chi connectivity index (χ1v) is 15.0. The Balaban J connectivity index is 1.35. The van der Waals surface area contributed by atoms with Gasteiger partial charge in [-0.2, -0.15) is 9.97 Å². The second kappa shape index (κ2) is 10.9. The number of amides is 1. The lowest BCUT2D eigenvalue weighted by Gasteiger charge is -2.44. The molecular weight excluding hydrogens is 564 g/mol. The van der Waals surface area contributed by atoms with Crippen molar-refractivity contribution in [1.29, 1.82) is 0 Å². The van der Waals surface area contributed by atoms with Crippen LogP contribution in [0.2, 0.25) is 0 Å². The quantitative estimate of drug-likeness (QED) is 0.258. The molecule has 1 saturated carbocycles. The molecule has 7 rings (SSSR count). The first-order chi connectivity index (χ1) is 21.3. The van der Waals surface area contributed by atoms with Gasteiger partial charge in [-0.05, 0) is 74.5 Å². The number of benzene rings is 3. The lowest BCUT2D eigenvalue weighted by molar-refractivity contribution is -0.119. The number of nitrogens with one attached hydrogen (secondary N) is 2. The first-order valence-electron chi connectivity index (χ1n) is 15.0. The molecule has 2 aliphatic heterocycles. The monoisotopic (exact) mass is 597 g/mol. The fraction of sp³-hybridized carbons (Fsp3) is 0.382. The number of likely N-dealkylation sites (tertiary alicyclic amines) is 1. The average Bonchev–Trinajstić information content (AvgIpc) is 3.63. The largest absolute Gasteiger partial charge is 0.508 e. The van der Waals surface area contributed by atoms with E-state index in [0.29, 0.717) is 41.2 Å². The van der Waals surface area contributed by atoms with E-state index >= 15 is 4.39 Å². The molecule has 3 unspecified atom stereocenters. The number of hydrogen-bond donors (Lipinski definition) is 3. The highest BCUT2D eigenvalue weighted by atomic mass is 19.1. The standard InChI is InChI=1S/C34H33F2N5O3/c1-3-22-26(35)10-7-19-14-21(42)16-25(29(19)22)23-8-9-24-31(30(23)36)39-33(40-32(24)38-20-15-28(43)37-17-20)44-18-34-11-4-6-27(34)41(2)13-5-12-34/h1,7-10,14,16,20,27,42H,4-6,11-13,15,17-18H2,2H3,(H,37,43)(H,38,39,40). The van der Waals surface area contributed by atoms with Gasteiger partial charge in [0.2, 0.25) is 5.91 Å². The number of aromatic hydroxyl groups is 1. The fourth-order valence-electron chi connectivity index (χ4n) is 7.59. The van der Waals surface area contributed by atoms with Gasteiger partial charge >= 0.3 is 6.01 Å². The molecule has 2 saturated heterocycles. The number of phenolic OH excluding ortho intramolecular Hbond substituents is 1. The summed E-state index contributed by atoms with van der Waals surface area (Å²) in [5, 5.41) is 17.8. The van der Waals surface area contributed by atoms with Crippen molar-refractivity contribution in [1.82, 2.24) is 20.2 Å². The Labute approximate surface area is 253 Å². The van der Waals surface area contributed by atoms with Gasteiger partial charge in [-0.3, -0.25) is 4.79 Å². The van der Waals surface area contributed by atoms with Crippen LogP contribution < -0.4 is 15.4 Å². The number of ether oxygens (including phenoxy) is 1. The molecule has 3 aromatic carbocycles. The summed E-state index contributed by atoms with van der Waals surface area (Å²) in [6.45, 7) is 1.89. The Hall–Kier alpha value is -4.49. The van der Waals surface area contributed by atoms with E-state index in [1.165, 1.54) is 24.3 Å². The number of carbonyl (C=O) groups excluding carboxylic acids is 1. The van der Waals surface area contributed by atoms with E-state index in [0.717, 1.165) is 38.6 Å². The molecule has 3 aliphatic rings. The van der Waals surface area contributed by atoms with Crippen LogP contribution in [-0.4, -0.2) is 64.7 Å². The topological polar surface area (TPSA) is 99.6 Å². The second-order valence-corrected chi connectivity index (χ2v) is 12.3. The number of halogens is 2. The Kier molecular flexibility index (Phi) is 7.01. The summed E-state index contributed by atoms with van der Waals surface area (Å²) in [4.78, 5) is 23.6. The van der Waals surface area contributed by atoms with Crippen LogP contribution in [-0.2, 0) is 4.79 Å². The minimum atomic E-state index is -0.688. The van der Waals surface area contributed by atoms with Crippen molar-refractivity contribution in [3.05, 3.63) is 53.6 Å². The number of rotatable bonds is 6. The molecule has 1 amide bonds. The van der Waals surface area contributed by atoms with E-state index in [-0.39, 0.29) is 57.8 Å². The zero-order valence-corrected chi connectivity index (χ0v) is 24.4. The van der Waals surface area contributed by atoms with Gasteiger partial charge in [-0.15, -0.1) is 6.42 Å². The van der Waals surface area contributed by atoms with Crippen molar-refractivity contribution >= 4 is 33.4 Å². The van der Waals surface area contributed by atoms with Crippen LogP contribution in [0.1, 0.15) is 44.1 Å². The van der Waals surface area contributed by atoms with E-state index in [9.17, 15) is 14.3 Å². The minimum absolute atomic E-state index is 0.00340. The molecule has 3 fully saturated rings. The lowest BCUT2D eigenvalue weighted by atomic mass is 9.76. The normalized spacial score (nSPS) is 23.5. The number of anilines is 1. The van der Waals surface area contributed by atoms with Gasteiger partial charge in [0.1, 0.15) is 22.9 Å². The van der Waals surface area contributed by atoms with Crippen LogP contribution in [0.15, 0.2) is 36.4 Å². The van der Waals surface area contributed by atoms with Crippen LogP contribution in [0.3, 0.4) is 0 Å². The number of carbonyl (C=O) groups is 1. The van der Waals surface area contributed by atoms with Crippen molar-refractivity contribution in [2.24, 2.45) is 5.41 Å². The highest BCUT2D eigenvalue weighted by Crippen LogP contribution is 2.47. The molecule has 0 bridgehead atoms. The maximum atomic E-state index is 16.7. The molecule has 0 radical (unpaired) electrons. The van der Waals surface area contributed by atoms with Crippen LogP contribution in [0.4, 0.5) is 14.6 Å². The van der Waals surface area contributed by atoms with E-state index < -0.39 is 11.6 Å². The third-order valence-electron chi connectivity index (χ3n) is 9.66. The predicted octanol–water partition coefficient (Wildman–Crippen LogP) is 5.36. The molecule has 3 atom stereocenters. The summed E-state index contributed by atoms with van der Waals surface area (Å²) in [7, 11) is 2.16. The van der Waals surface area contributed by atoms with Gasteiger partial charge < -0.3 is 25.4 Å². The van der Waals surface area contributed by atoms with Crippen molar-refractivity contribution in [3.63, 3.8) is 0 Å². The van der Waals surface area contributed by atoms with Crippen LogP contribution in [0.25, 0.3) is 32.8 Å². The Bertz CT molecular complexity index is 1860. The summed E-state index contributed by atoms with van der Waals surface area (Å²) in [5.74, 6) is 1.24. The first kappa shape index (κ1) is 28.3. The zero-order valence-electron chi connectivity index (χ0n) is 24.4. The third-order valence-corrected chi connectivity index (χ3v) is 9.66. The van der Waals surface area contributed by atoms with Crippen LogP contribution in [0, 0.1) is 29.4 Å². The molecule has 44 heavy (non-hydrogen) atoms. The van der Waals surface area contributed by atoms with Crippen molar-refractivity contribution in [2.75, 3.05) is 32.1 Å². The molecule has 1 aromatic heterocycles. The summed E-state index contributed by atoms with van der Waals surface area (Å²) < 4.78 is 37.8. The summed E-state index contributed by atoms with van der Waals surface area (Å²) in [6.07, 6.45) is 11.4. The number of hydrogen-bond acceptors (Lipinski definition) is 7. The highest BCUT2D eigenvalue weighted by Gasteiger charge is 2.47. The van der Waals surface area contributed by atoms with Crippen LogP contribution >= 0.6 is 0 Å². The molecule has 1 aliphatic carbocycles. The van der Waals surface area contributed by atoms with Crippen LogP contribution in [0.5, 0.6) is 11.8 Å². The van der Waals surface area contributed by atoms with Gasteiger partial charge in [0.15, 0.2) is 5.82 Å². The Morgan fingerprint density at radius 3 is 2.82 bits per heavy atom. The second-order valence-electron chi connectivity index (χ2n) is 12.3.